The second kappa shape index (κ2) is 4.22. The van der Waals surface area contributed by atoms with E-state index >= 15 is 0 Å². The lowest BCUT2D eigenvalue weighted by Gasteiger charge is -2.16. The highest BCUT2D eigenvalue weighted by atomic mass is 16.6. The lowest BCUT2D eigenvalue weighted by atomic mass is 9.90. The number of nitro groups is 1. The summed E-state index contributed by atoms with van der Waals surface area (Å²) < 4.78 is 5.06. The van der Waals surface area contributed by atoms with Gasteiger partial charge in [0.05, 0.1) is 4.92 Å². The van der Waals surface area contributed by atoms with Gasteiger partial charge >= 0.3 is 11.3 Å². The van der Waals surface area contributed by atoms with Crippen LogP contribution in [0.15, 0.2) is 15.3 Å². The summed E-state index contributed by atoms with van der Waals surface area (Å²) >= 11 is 0. The second-order valence-electron chi connectivity index (χ2n) is 4.78. The van der Waals surface area contributed by atoms with Crippen molar-refractivity contribution in [1.82, 2.24) is 0 Å². The number of nitro benzene ring substituents is 1. The van der Waals surface area contributed by atoms with E-state index < -0.39 is 27.7 Å². The summed E-state index contributed by atoms with van der Waals surface area (Å²) in [5.74, 6) is -1.48. The first-order valence-corrected chi connectivity index (χ1v) is 6.18. The maximum atomic E-state index is 11.9. The Morgan fingerprint density at radius 1 is 1.20 bits per heavy atom. The van der Waals surface area contributed by atoms with Crippen LogP contribution < -0.4 is 5.63 Å². The van der Waals surface area contributed by atoms with Crippen LogP contribution in [-0.4, -0.2) is 15.1 Å². The molecule has 0 saturated carbocycles. The van der Waals surface area contributed by atoms with Crippen molar-refractivity contribution >= 4 is 16.7 Å². The fourth-order valence-electron chi connectivity index (χ4n) is 2.74. The molecule has 2 aromatic rings. The fraction of sp³-hybridized carbons (Fsp3) is 0.308. The Hall–Kier alpha value is -2.57. The Labute approximate surface area is 112 Å². The molecule has 1 heterocycles. The van der Waals surface area contributed by atoms with Crippen LogP contribution in [0.1, 0.15) is 24.0 Å². The summed E-state index contributed by atoms with van der Waals surface area (Å²) in [4.78, 5) is 22.3. The van der Waals surface area contributed by atoms with E-state index in [1.54, 1.807) is 0 Å². The molecular formula is C13H11NO6. The summed E-state index contributed by atoms with van der Waals surface area (Å²) in [7, 11) is 0. The van der Waals surface area contributed by atoms with E-state index in [2.05, 4.69) is 0 Å². The number of rotatable bonds is 1. The molecular weight excluding hydrogens is 266 g/mol. The molecule has 7 heteroatoms. The maximum absolute atomic E-state index is 11.9. The Morgan fingerprint density at radius 3 is 2.50 bits per heavy atom. The van der Waals surface area contributed by atoms with Crippen LogP contribution in [0.25, 0.3) is 11.0 Å². The van der Waals surface area contributed by atoms with E-state index in [0.29, 0.717) is 24.0 Å². The number of benzene rings is 1. The molecule has 0 saturated heterocycles. The third-order valence-electron chi connectivity index (χ3n) is 3.62. The largest absolute Gasteiger partial charge is 0.504 e. The second-order valence-corrected chi connectivity index (χ2v) is 4.78. The van der Waals surface area contributed by atoms with E-state index in [0.717, 1.165) is 18.9 Å². The van der Waals surface area contributed by atoms with Crippen molar-refractivity contribution in [3.63, 3.8) is 0 Å². The molecule has 1 aromatic heterocycles. The molecule has 0 radical (unpaired) electrons. The molecule has 0 fully saturated rings. The van der Waals surface area contributed by atoms with Gasteiger partial charge in [-0.1, -0.05) is 0 Å². The summed E-state index contributed by atoms with van der Waals surface area (Å²) in [6, 6.07) is 1.04. The van der Waals surface area contributed by atoms with Gasteiger partial charge in [0.1, 0.15) is 11.0 Å². The Balaban J connectivity index is 2.54. The molecule has 0 amide bonds. The summed E-state index contributed by atoms with van der Waals surface area (Å²) in [6.45, 7) is 0. The third kappa shape index (κ3) is 1.63. The van der Waals surface area contributed by atoms with Crippen molar-refractivity contribution in [1.29, 1.82) is 0 Å². The molecule has 104 valence electrons. The SMILES string of the molecule is O=c1oc2cc(O)c(O)c([N+](=O)[O-])c2c2c1CCCC2. The molecule has 3 rings (SSSR count). The van der Waals surface area contributed by atoms with Crippen LogP contribution in [-0.2, 0) is 12.8 Å². The lowest BCUT2D eigenvalue weighted by molar-refractivity contribution is -0.384. The van der Waals surface area contributed by atoms with E-state index in [1.807, 2.05) is 0 Å². The maximum Gasteiger partial charge on any atom is 0.339 e. The van der Waals surface area contributed by atoms with Gasteiger partial charge < -0.3 is 14.6 Å². The minimum absolute atomic E-state index is 0.0716. The van der Waals surface area contributed by atoms with Crippen LogP contribution in [0.5, 0.6) is 11.5 Å². The Kier molecular flexibility index (Phi) is 2.63. The average molecular weight is 277 g/mol. The average Bonchev–Trinajstić information content (AvgIpc) is 2.41. The molecule has 2 N–H and O–H groups in total. The van der Waals surface area contributed by atoms with E-state index in [4.69, 9.17) is 4.42 Å². The van der Waals surface area contributed by atoms with Crippen molar-refractivity contribution < 1.29 is 19.6 Å². The normalized spacial score (nSPS) is 14.2. The van der Waals surface area contributed by atoms with Gasteiger partial charge in [0.2, 0.25) is 5.75 Å². The molecule has 0 bridgehead atoms. The standard InChI is InChI=1S/C13H11NO6/c15-8-5-9-10(11(12(8)16)14(18)19)6-3-1-2-4-7(6)13(17)20-9/h5,15-16H,1-4H2. The van der Waals surface area contributed by atoms with Crippen molar-refractivity contribution in [2.45, 2.75) is 25.7 Å². The topological polar surface area (TPSA) is 114 Å². The highest BCUT2D eigenvalue weighted by Crippen LogP contribution is 2.44. The number of aromatic hydroxyl groups is 2. The summed E-state index contributed by atoms with van der Waals surface area (Å²) in [6.07, 6.45) is 2.65. The molecule has 0 spiro atoms. The Bertz CT molecular complexity index is 792. The molecule has 0 atom stereocenters. The smallest absolute Gasteiger partial charge is 0.339 e. The zero-order valence-electron chi connectivity index (χ0n) is 10.4. The zero-order chi connectivity index (χ0) is 14.4. The minimum Gasteiger partial charge on any atom is -0.504 e. The predicted molar refractivity (Wildman–Crippen MR) is 69.1 cm³/mol. The molecule has 1 aromatic carbocycles. The van der Waals surface area contributed by atoms with Gasteiger partial charge in [-0.15, -0.1) is 0 Å². The van der Waals surface area contributed by atoms with Crippen molar-refractivity contribution in [3.8, 4) is 11.5 Å². The molecule has 7 nitrogen and oxygen atoms in total. The van der Waals surface area contributed by atoms with Gasteiger partial charge in [0.25, 0.3) is 0 Å². The number of hydrogen-bond acceptors (Lipinski definition) is 6. The van der Waals surface area contributed by atoms with Crippen LogP contribution >= 0.6 is 0 Å². The van der Waals surface area contributed by atoms with Crippen LogP contribution in [0.3, 0.4) is 0 Å². The van der Waals surface area contributed by atoms with E-state index in [-0.39, 0.29) is 11.0 Å². The van der Waals surface area contributed by atoms with E-state index in [9.17, 15) is 25.1 Å². The van der Waals surface area contributed by atoms with Crippen molar-refractivity contribution in [2.24, 2.45) is 0 Å². The van der Waals surface area contributed by atoms with Crippen molar-refractivity contribution in [3.05, 3.63) is 37.7 Å². The first kappa shape index (κ1) is 12.5. The van der Waals surface area contributed by atoms with Crippen LogP contribution in [0, 0.1) is 10.1 Å². The highest BCUT2D eigenvalue weighted by molar-refractivity contribution is 5.95. The molecule has 1 aliphatic rings. The van der Waals surface area contributed by atoms with Crippen molar-refractivity contribution in [2.75, 3.05) is 0 Å². The quantitative estimate of drug-likeness (QED) is 0.356. The molecule has 1 aliphatic carbocycles. The van der Waals surface area contributed by atoms with Gasteiger partial charge in [-0.05, 0) is 31.2 Å². The van der Waals surface area contributed by atoms with Gasteiger partial charge in [-0.25, -0.2) is 4.79 Å². The third-order valence-corrected chi connectivity index (χ3v) is 3.62. The predicted octanol–water partition coefficient (Wildman–Crippen LogP) is 1.99. The van der Waals surface area contributed by atoms with Gasteiger partial charge in [-0.3, -0.25) is 10.1 Å². The first-order valence-electron chi connectivity index (χ1n) is 6.18. The molecule has 0 unspecified atom stereocenters. The number of phenolic OH excluding ortho intramolecular Hbond substituents is 2. The zero-order valence-corrected chi connectivity index (χ0v) is 10.4. The van der Waals surface area contributed by atoms with Gasteiger partial charge in [0, 0.05) is 11.6 Å². The molecule has 0 aliphatic heterocycles. The van der Waals surface area contributed by atoms with Gasteiger partial charge in [-0.2, -0.15) is 0 Å². The number of phenols is 2. The van der Waals surface area contributed by atoms with Crippen LogP contribution in [0.2, 0.25) is 0 Å². The first-order chi connectivity index (χ1) is 9.50. The summed E-state index contributed by atoms with van der Waals surface area (Å²) in [5, 5.41) is 30.5. The number of aryl methyl sites for hydroxylation is 1. The number of nitrogens with zero attached hydrogens (tertiary/aromatic N) is 1. The van der Waals surface area contributed by atoms with Crippen LogP contribution in [0.4, 0.5) is 5.69 Å². The monoisotopic (exact) mass is 277 g/mol. The van der Waals surface area contributed by atoms with Gasteiger partial charge in [0.15, 0.2) is 5.75 Å². The molecule has 20 heavy (non-hydrogen) atoms. The van der Waals surface area contributed by atoms with E-state index in [1.165, 1.54) is 0 Å². The summed E-state index contributed by atoms with van der Waals surface area (Å²) in [5.41, 5.74) is -0.243. The number of hydrogen-bond donors (Lipinski definition) is 2. The Morgan fingerprint density at radius 2 is 1.85 bits per heavy atom. The number of fused-ring (bicyclic) bond motifs is 3. The lowest BCUT2D eigenvalue weighted by Crippen LogP contribution is -2.16. The minimum atomic E-state index is -0.802. The fourth-order valence-corrected chi connectivity index (χ4v) is 2.74. The highest BCUT2D eigenvalue weighted by Gasteiger charge is 2.29.